The molecule has 3 aromatic rings. The second kappa shape index (κ2) is 11.8. The van der Waals surface area contributed by atoms with Crippen molar-refractivity contribution < 1.29 is 21.7 Å². The Balaban J connectivity index is 0.00000300. The summed E-state index contributed by atoms with van der Waals surface area (Å²) in [5.74, 6) is 0. The highest BCUT2D eigenvalue weighted by Crippen LogP contribution is 2.29. The molecule has 0 aliphatic heterocycles. The molecular formula is C23H23Cl3N2O. The van der Waals surface area contributed by atoms with Gasteiger partial charge in [0.05, 0.1) is 6.61 Å². The van der Waals surface area contributed by atoms with Crippen molar-refractivity contribution in [3.63, 3.8) is 0 Å². The fraction of sp³-hybridized carbons (Fsp3) is 0.174. The van der Waals surface area contributed by atoms with E-state index >= 15 is 0 Å². The quantitative estimate of drug-likeness (QED) is 0.363. The molecule has 1 unspecified atom stereocenters. The van der Waals surface area contributed by atoms with Gasteiger partial charge >= 0.3 is 0 Å². The fourth-order valence-electron chi connectivity index (χ4n) is 2.91. The van der Waals surface area contributed by atoms with Crippen molar-refractivity contribution >= 4 is 29.3 Å². The minimum absolute atomic E-state index is 0. The van der Waals surface area contributed by atoms with Gasteiger partial charge in [-0.2, -0.15) is 0 Å². The van der Waals surface area contributed by atoms with Crippen LogP contribution in [-0.4, -0.2) is 11.2 Å². The molecule has 1 aromatic heterocycles. The molecule has 0 saturated heterocycles. The van der Waals surface area contributed by atoms with Crippen molar-refractivity contribution in [2.75, 3.05) is 6.61 Å². The lowest BCUT2D eigenvalue weighted by Gasteiger charge is -2.17. The number of benzene rings is 2. The summed E-state index contributed by atoms with van der Waals surface area (Å²) < 4.78 is 10.2. The Hall–Kier alpha value is -2.04. The zero-order valence-electron chi connectivity index (χ0n) is 15.9. The average molecular weight is 450 g/mol. The number of imidazole rings is 1. The molecule has 2 aromatic carbocycles. The van der Waals surface area contributed by atoms with E-state index in [1.807, 2.05) is 42.7 Å². The Labute approximate surface area is 188 Å². The Morgan fingerprint density at radius 1 is 1.14 bits per heavy atom. The molecule has 0 amide bonds. The number of hydrogen-bond acceptors (Lipinski definition) is 1. The Kier molecular flexibility index (Phi) is 9.49. The highest BCUT2D eigenvalue weighted by molar-refractivity contribution is 6.35. The van der Waals surface area contributed by atoms with Crippen LogP contribution < -0.4 is 17.0 Å². The predicted octanol–water partition coefficient (Wildman–Crippen LogP) is 2.74. The molecule has 1 atom stereocenters. The summed E-state index contributed by atoms with van der Waals surface area (Å²) in [4.78, 5) is 0. The van der Waals surface area contributed by atoms with Gasteiger partial charge in [0.15, 0.2) is 0 Å². The van der Waals surface area contributed by atoms with Crippen molar-refractivity contribution in [3.8, 4) is 0 Å². The Bertz CT molecular complexity index is 938. The number of aromatic nitrogens is 2. The summed E-state index contributed by atoms with van der Waals surface area (Å²) >= 11 is 12.4. The van der Waals surface area contributed by atoms with Crippen LogP contribution in [0, 0.1) is 0 Å². The van der Waals surface area contributed by atoms with Crippen molar-refractivity contribution in [3.05, 3.63) is 107 Å². The summed E-state index contributed by atoms with van der Waals surface area (Å²) in [6, 6.07) is 15.8. The normalized spacial score (nSPS) is 11.9. The molecule has 152 valence electrons. The molecule has 0 N–H and O–H groups in total. The maximum absolute atomic E-state index is 6.39. The minimum Gasteiger partial charge on any atom is -1.00 e. The number of hydrogen-bond donors (Lipinski definition) is 0. The van der Waals surface area contributed by atoms with E-state index in [9.17, 15) is 0 Å². The third-order valence-electron chi connectivity index (χ3n) is 4.27. The maximum atomic E-state index is 6.39. The van der Waals surface area contributed by atoms with Gasteiger partial charge in [-0.15, -0.1) is 6.58 Å². The lowest BCUT2D eigenvalue weighted by molar-refractivity contribution is -0.686. The van der Waals surface area contributed by atoms with E-state index in [2.05, 4.69) is 46.3 Å². The van der Waals surface area contributed by atoms with Crippen LogP contribution in [0.2, 0.25) is 10.0 Å². The first-order valence-corrected chi connectivity index (χ1v) is 9.85. The van der Waals surface area contributed by atoms with Gasteiger partial charge in [0.2, 0.25) is 6.33 Å². The zero-order valence-corrected chi connectivity index (χ0v) is 18.2. The van der Waals surface area contributed by atoms with Gasteiger partial charge in [-0.25, -0.2) is 9.13 Å². The van der Waals surface area contributed by atoms with Crippen LogP contribution in [0.1, 0.15) is 17.2 Å². The Morgan fingerprint density at radius 3 is 2.66 bits per heavy atom. The number of rotatable bonds is 9. The van der Waals surface area contributed by atoms with E-state index in [4.69, 9.17) is 27.9 Å². The van der Waals surface area contributed by atoms with Crippen molar-refractivity contribution in [2.24, 2.45) is 0 Å². The first kappa shape index (κ1) is 23.2. The fourth-order valence-corrected chi connectivity index (χ4v) is 3.44. The van der Waals surface area contributed by atoms with E-state index in [1.165, 1.54) is 5.56 Å². The van der Waals surface area contributed by atoms with Gasteiger partial charge in [-0.05, 0) is 23.8 Å². The molecule has 0 saturated carbocycles. The molecule has 0 radical (unpaired) electrons. The lowest BCUT2D eigenvalue weighted by atomic mass is 10.1. The van der Waals surface area contributed by atoms with Gasteiger partial charge in [0, 0.05) is 15.6 Å². The summed E-state index contributed by atoms with van der Waals surface area (Å²) in [6.45, 7) is 5.62. The molecular weight excluding hydrogens is 427 g/mol. The standard InChI is InChI=1S/C23H23Cl2N2O.ClH/c1-2-15-28-23(21-11-10-20(24)16-22(21)25)17-27-14-13-26(18-27)12-6-9-19-7-4-3-5-8-19;/h2-11,13-14,16,18,23H,1,12,15,17H2;1H/q+1;/p-1. The number of halogens is 3. The van der Waals surface area contributed by atoms with Gasteiger partial charge < -0.3 is 17.1 Å². The summed E-state index contributed by atoms with van der Waals surface area (Å²) in [7, 11) is 0. The molecule has 0 aliphatic carbocycles. The third kappa shape index (κ3) is 7.06. The van der Waals surface area contributed by atoms with E-state index in [-0.39, 0.29) is 18.5 Å². The van der Waals surface area contributed by atoms with Crippen LogP contribution in [0.3, 0.4) is 0 Å². The third-order valence-corrected chi connectivity index (χ3v) is 4.84. The first-order valence-electron chi connectivity index (χ1n) is 9.09. The molecule has 0 fully saturated rings. The van der Waals surface area contributed by atoms with Crippen LogP contribution in [0.15, 0.2) is 86.0 Å². The van der Waals surface area contributed by atoms with Gasteiger partial charge in [0.25, 0.3) is 0 Å². The van der Waals surface area contributed by atoms with Crippen LogP contribution in [0.5, 0.6) is 0 Å². The highest BCUT2D eigenvalue weighted by atomic mass is 35.5. The summed E-state index contributed by atoms with van der Waals surface area (Å²) in [5, 5.41) is 1.22. The lowest BCUT2D eigenvalue weighted by Crippen LogP contribution is -3.00. The van der Waals surface area contributed by atoms with Gasteiger partial charge in [-0.1, -0.05) is 71.8 Å². The molecule has 0 bridgehead atoms. The second-order valence-corrected chi connectivity index (χ2v) is 7.24. The van der Waals surface area contributed by atoms with Gasteiger partial charge in [0.1, 0.15) is 31.6 Å². The van der Waals surface area contributed by atoms with Crippen LogP contribution in [0.4, 0.5) is 0 Å². The summed E-state index contributed by atoms with van der Waals surface area (Å²) in [5.41, 5.74) is 2.11. The van der Waals surface area contributed by atoms with Crippen molar-refractivity contribution in [2.45, 2.75) is 19.2 Å². The van der Waals surface area contributed by atoms with Crippen LogP contribution >= 0.6 is 23.2 Å². The molecule has 3 rings (SSSR count). The smallest absolute Gasteiger partial charge is 0.244 e. The largest absolute Gasteiger partial charge is 1.00 e. The highest BCUT2D eigenvalue weighted by Gasteiger charge is 2.19. The minimum atomic E-state index is -0.191. The maximum Gasteiger partial charge on any atom is 0.244 e. The molecule has 3 nitrogen and oxygen atoms in total. The van der Waals surface area contributed by atoms with Crippen molar-refractivity contribution in [1.29, 1.82) is 0 Å². The van der Waals surface area contributed by atoms with Crippen molar-refractivity contribution in [1.82, 2.24) is 4.57 Å². The van der Waals surface area contributed by atoms with Crippen LogP contribution in [0.25, 0.3) is 6.08 Å². The number of allylic oxidation sites excluding steroid dienone is 1. The SMILES string of the molecule is C=CCOC(Cn1cc[n+](CC=Cc2ccccc2)c1)c1ccc(Cl)cc1Cl.[Cl-]. The molecule has 1 heterocycles. The molecule has 0 spiro atoms. The summed E-state index contributed by atoms with van der Waals surface area (Å²) in [6.07, 6.45) is 11.9. The zero-order chi connectivity index (χ0) is 19.8. The van der Waals surface area contributed by atoms with E-state index < -0.39 is 0 Å². The number of ether oxygens (including phenoxy) is 1. The second-order valence-electron chi connectivity index (χ2n) is 6.40. The van der Waals surface area contributed by atoms with Gasteiger partial charge in [-0.3, -0.25) is 0 Å². The van der Waals surface area contributed by atoms with Crippen LogP contribution in [-0.2, 0) is 17.8 Å². The molecule has 0 aliphatic rings. The van der Waals surface area contributed by atoms with E-state index in [0.717, 1.165) is 12.1 Å². The average Bonchev–Trinajstić information content (AvgIpc) is 3.13. The van der Waals surface area contributed by atoms with E-state index in [1.54, 1.807) is 12.1 Å². The number of nitrogens with zero attached hydrogens (tertiary/aromatic N) is 2. The predicted molar refractivity (Wildman–Crippen MR) is 115 cm³/mol. The molecule has 6 heteroatoms. The topological polar surface area (TPSA) is 18.0 Å². The molecule has 29 heavy (non-hydrogen) atoms. The first-order chi connectivity index (χ1) is 13.7. The Morgan fingerprint density at radius 2 is 1.93 bits per heavy atom. The monoisotopic (exact) mass is 448 g/mol. The van der Waals surface area contributed by atoms with E-state index in [0.29, 0.717) is 23.2 Å².